The van der Waals surface area contributed by atoms with Gasteiger partial charge in [0.25, 0.3) is 0 Å². The van der Waals surface area contributed by atoms with Crippen LogP contribution in [0.25, 0.3) is 0 Å². The van der Waals surface area contributed by atoms with Gasteiger partial charge in [0.1, 0.15) is 5.82 Å². The average Bonchev–Trinajstić information content (AvgIpc) is 2.04. The van der Waals surface area contributed by atoms with Crippen molar-refractivity contribution in [3.05, 3.63) is 18.1 Å². The minimum absolute atomic E-state index is 0.129. The van der Waals surface area contributed by atoms with E-state index in [1.54, 1.807) is 6.92 Å². The van der Waals surface area contributed by atoms with Gasteiger partial charge in [-0.2, -0.15) is 0 Å². The van der Waals surface area contributed by atoms with Crippen LogP contribution in [0.4, 0.5) is 4.39 Å². The molecule has 0 amide bonds. The first kappa shape index (κ1) is 9.95. The van der Waals surface area contributed by atoms with Crippen molar-refractivity contribution in [2.75, 3.05) is 6.61 Å². The molecule has 0 aromatic carbocycles. The van der Waals surface area contributed by atoms with Crippen molar-refractivity contribution in [3.63, 3.8) is 0 Å². The molecule has 1 rings (SSSR count). The molecule has 0 saturated heterocycles. The number of aromatic nitrogens is 1. The van der Waals surface area contributed by atoms with E-state index in [2.05, 4.69) is 4.98 Å². The maximum Gasteiger partial charge on any atom is 0.493 e. The lowest BCUT2D eigenvalue weighted by molar-refractivity contribution is 0.324. The van der Waals surface area contributed by atoms with Crippen molar-refractivity contribution in [3.8, 4) is 5.88 Å². The summed E-state index contributed by atoms with van der Waals surface area (Å²) in [6, 6.07) is 1.01. The Labute approximate surface area is 75.1 Å². The number of hydrogen-bond donors (Lipinski definition) is 2. The molecule has 0 radical (unpaired) electrons. The predicted octanol–water partition coefficient (Wildman–Crippen LogP) is -0.701. The standard InChI is InChI=1S/C7H9BFNO3/c1-2-13-7-3-6(9)5(4-10-7)8(11)12/h3-4,11-12H,2H2,1H3. The molecule has 1 heterocycles. The lowest BCUT2D eigenvalue weighted by Gasteiger charge is -2.04. The molecule has 70 valence electrons. The van der Waals surface area contributed by atoms with E-state index >= 15 is 0 Å². The van der Waals surface area contributed by atoms with Crippen LogP contribution in [0, 0.1) is 5.82 Å². The Morgan fingerprint density at radius 3 is 2.77 bits per heavy atom. The largest absolute Gasteiger partial charge is 0.493 e. The van der Waals surface area contributed by atoms with Crippen molar-refractivity contribution in [2.24, 2.45) is 0 Å². The second-order valence-electron chi connectivity index (χ2n) is 2.35. The lowest BCUT2D eigenvalue weighted by atomic mass is 9.81. The van der Waals surface area contributed by atoms with Crippen molar-refractivity contribution >= 4 is 12.6 Å². The molecule has 4 nitrogen and oxygen atoms in total. The molecule has 0 aliphatic carbocycles. The van der Waals surface area contributed by atoms with Gasteiger partial charge >= 0.3 is 7.12 Å². The number of rotatable bonds is 3. The number of pyridine rings is 1. The van der Waals surface area contributed by atoms with E-state index in [-0.39, 0.29) is 11.3 Å². The number of hydrogen-bond acceptors (Lipinski definition) is 4. The molecule has 0 spiro atoms. The summed E-state index contributed by atoms with van der Waals surface area (Å²) in [5.41, 5.74) is -0.261. The molecule has 0 fully saturated rings. The highest BCUT2D eigenvalue weighted by molar-refractivity contribution is 6.58. The third-order valence-electron chi connectivity index (χ3n) is 1.43. The molecular formula is C7H9BFNO3. The van der Waals surface area contributed by atoms with Gasteiger partial charge < -0.3 is 14.8 Å². The Bertz CT molecular complexity index is 295. The first-order valence-corrected chi connectivity index (χ1v) is 3.79. The molecule has 0 unspecified atom stereocenters. The molecular weight excluding hydrogens is 176 g/mol. The van der Waals surface area contributed by atoms with Crippen LogP contribution in [-0.4, -0.2) is 28.8 Å². The van der Waals surface area contributed by atoms with E-state index in [1.807, 2.05) is 0 Å². The van der Waals surface area contributed by atoms with E-state index < -0.39 is 12.9 Å². The zero-order chi connectivity index (χ0) is 9.84. The second-order valence-corrected chi connectivity index (χ2v) is 2.35. The van der Waals surface area contributed by atoms with Crippen LogP contribution in [0.1, 0.15) is 6.92 Å². The smallest absolute Gasteiger partial charge is 0.478 e. The van der Waals surface area contributed by atoms with Gasteiger partial charge in [0, 0.05) is 17.7 Å². The summed E-state index contributed by atoms with van der Waals surface area (Å²) in [6.45, 7) is 2.13. The normalized spacial score (nSPS) is 9.85. The summed E-state index contributed by atoms with van der Waals surface area (Å²) in [5.74, 6) is -0.613. The zero-order valence-electron chi connectivity index (χ0n) is 7.07. The first-order valence-electron chi connectivity index (χ1n) is 3.79. The number of nitrogens with zero attached hydrogens (tertiary/aromatic N) is 1. The van der Waals surface area contributed by atoms with Crippen LogP contribution in [0.2, 0.25) is 0 Å². The van der Waals surface area contributed by atoms with Gasteiger partial charge in [0.2, 0.25) is 5.88 Å². The molecule has 0 aliphatic rings. The van der Waals surface area contributed by atoms with Crippen LogP contribution in [-0.2, 0) is 0 Å². The first-order chi connectivity index (χ1) is 6.15. The summed E-state index contributed by atoms with van der Waals surface area (Å²) in [4.78, 5) is 3.67. The van der Waals surface area contributed by atoms with E-state index in [0.29, 0.717) is 6.61 Å². The van der Waals surface area contributed by atoms with Crippen LogP contribution >= 0.6 is 0 Å². The zero-order valence-corrected chi connectivity index (χ0v) is 7.07. The Balaban J connectivity index is 2.92. The fourth-order valence-electron chi connectivity index (χ4n) is 0.841. The van der Waals surface area contributed by atoms with Gasteiger partial charge in [0.15, 0.2) is 0 Å². The van der Waals surface area contributed by atoms with Crippen molar-refractivity contribution < 1.29 is 19.2 Å². The van der Waals surface area contributed by atoms with Crippen molar-refractivity contribution in [1.29, 1.82) is 0 Å². The highest BCUT2D eigenvalue weighted by Gasteiger charge is 2.17. The predicted molar refractivity (Wildman–Crippen MR) is 45.2 cm³/mol. The molecule has 0 atom stereocenters. The molecule has 0 aliphatic heterocycles. The quantitative estimate of drug-likeness (QED) is 0.611. The fourth-order valence-corrected chi connectivity index (χ4v) is 0.841. The van der Waals surface area contributed by atoms with Crippen molar-refractivity contribution in [2.45, 2.75) is 6.92 Å². The van der Waals surface area contributed by atoms with Gasteiger partial charge in [-0.3, -0.25) is 0 Å². The van der Waals surface area contributed by atoms with Crippen LogP contribution < -0.4 is 10.2 Å². The summed E-state index contributed by atoms with van der Waals surface area (Å²) in [6.07, 6.45) is 1.03. The number of halogens is 1. The highest BCUT2D eigenvalue weighted by atomic mass is 19.1. The molecule has 2 N–H and O–H groups in total. The molecule has 6 heteroatoms. The highest BCUT2D eigenvalue weighted by Crippen LogP contribution is 2.06. The Morgan fingerprint density at radius 1 is 1.62 bits per heavy atom. The SMILES string of the molecule is CCOc1cc(F)c(B(O)O)cn1. The monoisotopic (exact) mass is 185 g/mol. The third-order valence-corrected chi connectivity index (χ3v) is 1.43. The third kappa shape index (κ3) is 2.40. The summed E-state index contributed by atoms with van der Waals surface area (Å²) in [5, 5.41) is 17.3. The van der Waals surface area contributed by atoms with Gasteiger partial charge in [-0.25, -0.2) is 9.37 Å². The minimum Gasteiger partial charge on any atom is -0.478 e. The Morgan fingerprint density at radius 2 is 2.31 bits per heavy atom. The van der Waals surface area contributed by atoms with Gasteiger partial charge in [-0.05, 0) is 6.92 Å². The van der Waals surface area contributed by atoms with Crippen molar-refractivity contribution in [1.82, 2.24) is 4.98 Å². The van der Waals surface area contributed by atoms with Gasteiger partial charge in [-0.15, -0.1) is 0 Å². The Hall–Kier alpha value is -1.14. The van der Waals surface area contributed by atoms with E-state index in [1.165, 1.54) is 0 Å². The maximum absolute atomic E-state index is 13.0. The molecule has 1 aromatic rings. The van der Waals surface area contributed by atoms with Crippen LogP contribution in [0.3, 0.4) is 0 Å². The fraction of sp³-hybridized carbons (Fsp3) is 0.286. The molecule has 1 aromatic heterocycles. The molecule has 0 saturated carbocycles. The topological polar surface area (TPSA) is 62.6 Å². The Kier molecular flexibility index (Phi) is 3.22. The van der Waals surface area contributed by atoms with Crippen LogP contribution in [0.5, 0.6) is 5.88 Å². The summed E-state index contributed by atoms with van der Waals surface area (Å²) >= 11 is 0. The minimum atomic E-state index is -1.84. The van der Waals surface area contributed by atoms with Crippen LogP contribution in [0.15, 0.2) is 12.3 Å². The lowest BCUT2D eigenvalue weighted by Crippen LogP contribution is -2.33. The molecule has 13 heavy (non-hydrogen) atoms. The number of ether oxygens (including phenoxy) is 1. The molecule has 0 bridgehead atoms. The summed E-state index contributed by atoms with van der Waals surface area (Å²) < 4.78 is 17.9. The average molecular weight is 185 g/mol. The second kappa shape index (κ2) is 4.20. The van der Waals surface area contributed by atoms with Gasteiger partial charge in [-0.1, -0.05) is 0 Å². The van der Waals surface area contributed by atoms with E-state index in [0.717, 1.165) is 12.3 Å². The maximum atomic E-state index is 13.0. The van der Waals surface area contributed by atoms with Gasteiger partial charge in [0.05, 0.1) is 6.61 Å². The van der Waals surface area contributed by atoms with E-state index in [4.69, 9.17) is 14.8 Å². The summed E-state index contributed by atoms with van der Waals surface area (Å²) in [7, 11) is -1.84. The van der Waals surface area contributed by atoms with E-state index in [9.17, 15) is 4.39 Å².